The molecule has 3 heteroatoms. The molecule has 0 unspecified atom stereocenters. The summed E-state index contributed by atoms with van der Waals surface area (Å²) >= 11 is 0. The van der Waals surface area contributed by atoms with E-state index in [0.717, 1.165) is 18.4 Å². The van der Waals surface area contributed by atoms with Crippen LogP contribution in [0.25, 0.3) is 11.0 Å². The van der Waals surface area contributed by atoms with E-state index in [4.69, 9.17) is 4.42 Å². The van der Waals surface area contributed by atoms with Gasteiger partial charge in [0.05, 0.1) is 11.6 Å². The zero-order chi connectivity index (χ0) is 12.5. The highest BCUT2D eigenvalue weighted by Gasteiger charge is 2.20. The molecule has 1 aliphatic carbocycles. The predicted octanol–water partition coefficient (Wildman–Crippen LogP) is 3.55. The van der Waals surface area contributed by atoms with Crippen LogP contribution in [0.4, 0.5) is 0 Å². The van der Waals surface area contributed by atoms with E-state index in [0.29, 0.717) is 16.9 Å². The van der Waals surface area contributed by atoms with Gasteiger partial charge in [-0.1, -0.05) is 19.3 Å². The number of phenolic OH excluding ortho intramolecular Hbond substituents is 1. The summed E-state index contributed by atoms with van der Waals surface area (Å²) in [6, 6.07) is 4.66. The summed E-state index contributed by atoms with van der Waals surface area (Å²) in [6.45, 7) is 0. The standard InChI is InChI=1S/C15H16O3/c16-11-6-7-12-14(8-11)18-9-13(15(12)17)10-4-2-1-3-5-10/h6-10,16H,1-5H2. The Morgan fingerprint density at radius 2 is 1.94 bits per heavy atom. The first-order chi connectivity index (χ1) is 8.75. The van der Waals surface area contributed by atoms with Crippen molar-refractivity contribution in [2.45, 2.75) is 38.0 Å². The van der Waals surface area contributed by atoms with Crippen LogP contribution < -0.4 is 5.43 Å². The van der Waals surface area contributed by atoms with Gasteiger partial charge in [-0.05, 0) is 30.9 Å². The minimum atomic E-state index is 0.0585. The normalized spacial score (nSPS) is 17.1. The van der Waals surface area contributed by atoms with E-state index in [-0.39, 0.29) is 11.2 Å². The number of hydrogen-bond donors (Lipinski definition) is 1. The van der Waals surface area contributed by atoms with Gasteiger partial charge in [-0.3, -0.25) is 4.79 Å². The fourth-order valence-corrected chi connectivity index (χ4v) is 2.83. The maximum Gasteiger partial charge on any atom is 0.196 e. The van der Waals surface area contributed by atoms with Crippen molar-refractivity contribution in [1.29, 1.82) is 0 Å². The van der Waals surface area contributed by atoms with Crippen molar-refractivity contribution in [3.8, 4) is 5.75 Å². The SMILES string of the molecule is O=c1c(C2CCCCC2)coc2cc(O)ccc12. The van der Waals surface area contributed by atoms with E-state index in [1.807, 2.05) is 0 Å². The molecule has 0 amide bonds. The van der Waals surface area contributed by atoms with Crippen LogP contribution in [-0.4, -0.2) is 5.11 Å². The Balaban J connectivity index is 2.11. The average Bonchev–Trinajstić information content (AvgIpc) is 2.40. The molecule has 1 fully saturated rings. The van der Waals surface area contributed by atoms with Crippen molar-refractivity contribution in [1.82, 2.24) is 0 Å². The molecule has 0 spiro atoms. The topological polar surface area (TPSA) is 50.4 Å². The molecule has 0 radical (unpaired) electrons. The summed E-state index contributed by atoms with van der Waals surface area (Å²) in [6.07, 6.45) is 7.39. The molecule has 0 saturated heterocycles. The molecule has 1 heterocycles. The molecule has 1 N–H and O–H groups in total. The van der Waals surface area contributed by atoms with Gasteiger partial charge in [0.15, 0.2) is 5.43 Å². The Morgan fingerprint density at radius 3 is 2.72 bits per heavy atom. The van der Waals surface area contributed by atoms with Crippen LogP contribution in [0.1, 0.15) is 43.6 Å². The minimum absolute atomic E-state index is 0.0585. The Kier molecular flexibility index (Phi) is 2.82. The van der Waals surface area contributed by atoms with Crippen molar-refractivity contribution in [2.24, 2.45) is 0 Å². The first kappa shape index (κ1) is 11.3. The second kappa shape index (κ2) is 4.48. The van der Waals surface area contributed by atoms with Crippen molar-refractivity contribution < 1.29 is 9.52 Å². The Morgan fingerprint density at radius 1 is 1.17 bits per heavy atom. The molecule has 0 bridgehead atoms. The van der Waals surface area contributed by atoms with Crippen LogP contribution in [0.15, 0.2) is 33.7 Å². The zero-order valence-electron chi connectivity index (χ0n) is 10.2. The molecule has 1 aliphatic rings. The lowest BCUT2D eigenvalue weighted by Gasteiger charge is -2.20. The van der Waals surface area contributed by atoms with Crippen LogP contribution >= 0.6 is 0 Å². The number of fused-ring (bicyclic) bond motifs is 1. The Labute approximate surface area is 105 Å². The Hall–Kier alpha value is -1.77. The fraction of sp³-hybridized carbons (Fsp3) is 0.400. The maximum atomic E-state index is 12.4. The predicted molar refractivity (Wildman–Crippen MR) is 70.0 cm³/mol. The number of rotatable bonds is 1. The van der Waals surface area contributed by atoms with Gasteiger partial charge in [-0.25, -0.2) is 0 Å². The molecule has 3 rings (SSSR count). The summed E-state index contributed by atoms with van der Waals surface area (Å²) in [4.78, 5) is 12.4. The zero-order valence-corrected chi connectivity index (χ0v) is 10.2. The third-order valence-corrected chi connectivity index (χ3v) is 3.83. The van der Waals surface area contributed by atoms with Crippen LogP contribution in [0.2, 0.25) is 0 Å². The highest BCUT2D eigenvalue weighted by Crippen LogP contribution is 2.32. The molecule has 3 nitrogen and oxygen atoms in total. The average molecular weight is 244 g/mol. The molecule has 18 heavy (non-hydrogen) atoms. The lowest BCUT2D eigenvalue weighted by Crippen LogP contribution is -2.15. The first-order valence-corrected chi connectivity index (χ1v) is 6.50. The number of phenols is 1. The van der Waals surface area contributed by atoms with Gasteiger partial charge < -0.3 is 9.52 Å². The van der Waals surface area contributed by atoms with E-state index in [2.05, 4.69) is 0 Å². The fourth-order valence-electron chi connectivity index (χ4n) is 2.83. The van der Waals surface area contributed by atoms with Gasteiger partial charge >= 0.3 is 0 Å². The maximum absolute atomic E-state index is 12.4. The summed E-state index contributed by atoms with van der Waals surface area (Å²) in [5.41, 5.74) is 1.32. The molecular weight excluding hydrogens is 228 g/mol. The number of hydrogen-bond acceptors (Lipinski definition) is 3. The van der Waals surface area contributed by atoms with E-state index >= 15 is 0 Å². The molecule has 1 saturated carbocycles. The van der Waals surface area contributed by atoms with Crippen molar-refractivity contribution in [2.75, 3.05) is 0 Å². The summed E-state index contributed by atoms with van der Waals surface area (Å²) in [7, 11) is 0. The Bertz CT molecular complexity index is 621. The molecule has 1 aromatic carbocycles. The lowest BCUT2D eigenvalue weighted by atomic mass is 9.84. The van der Waals surface area contributed by atoms with E-state index in [9.17, 15) is 9.90 Å². The summed E-state index contributed by atoms with van der Waals surface area (Å²) < 4.78 is 5.50. The minimum Gasteiger partial charge on any atom is -0.508 e. The molecule has 1 aromatic heterocycles. The molecule has 0 atom stereocenters. The van der Waals surface area contributed by atoms with Gasteiger partial charge in [0, 0.05) is 11.6 Å². The van der Waals surface area contributed by atoms with Gasteiger partial charge in [0.1, 0.15) is 11.3 Å². The van der Waals surface area contributed by atoms with Crippen molar-refractivity contribution in [3.05, 3.63) is 40.2 Å². The number of aromatic hydroxyl groups is 1. The van der Waals surface area contributed by atoms with Crippen LogP contribution in [-0.2, 0) is 0 Å². The largest absolute Gasteiger partial charge is 0.508 e. The quantitative estimate of drug-likeness (QED) is 0.834. The van der Waals surface area contributed by atoms with Crippen LogP contribution in [0.3, 0.4) is 0 Å². The van der Waals surface area contributed by atoms with Gasteiger partial charge in [0.2, 0.25) is 0 Å². The third kappa shape index (κ3) is 1.90. The molecule has 0 aliphatic heterocycles. The smallest absolute Gasteiger partial charge is 0.196 e. The monoisotopic (exact) mass is 244 g/mol. The van der Waals surface area contributed by atoms with Crippen molar-refractivity contribution in [3.63, 3.8) is 0 Å². The van der Waals surface area contributed by atoms with Gasteiger partial charge in [-0.15, -0.1) is 0 Å². The highest BCUT2D eigenvalue weighted by atomic mass is 16.3. The number of benzene rings is 1. The summed E-state index contributed by atoms with van der Waals surface area (Å²) in [5, 5.41) is 9.94. The third-order valence-electron chi connectivity index (χ3n) is 3.83. The van der Waals surface area contributed by atoms with Crippen molar-refractivity contribution >= 4 is 11.0 Å². The molecular formula is C15H16O3. The van der Waals surface area contributed by atoms with Gasteiger partial charge in [0.25, 0.3) is 0 Å². The molecule has 2 aromatic rings. The lowest BCUT2D eigenvalue weighted by molar-refractivity contribution is 0.433. The summed E-state index contributed by atoms with van der Waals surface area (Å²) in [5.74, 6) is 0.462. The van der Waals surface area contributed by atoms with E-state index < -0.39 is 0 Å². The second-order valence-corrected chi connectivity index (χ2v) is 5.04. The van der Waals surface area contributed by atoms with Crippen LogP contribution in [0.5, 0.6) is 5.75 Å². The van der Waals surface area contributed by atoms with E-state index in [1.165, 1.54) is 31.4 Å². The van der Waals surface area contributed by atoms with Gasteiger partial charge in [-0.2, -0.15) is 0 Å². The second-order valence-electron chi connectivity index (χ2n) is 5.04. The van der Waals surface area contributed by atoms with E-state index in [1.54, 1.807) is 12.3 Å². The molecule has 94 valence electrons. The highest BCUT2D eigenvalue weighted by molar-refractivity contribution is 5.78. The van der Waals surface area contributed by atoms with Crippen LogP contribution in [0, 0.1) is 0 Å². The first-order valence-electron chi connectivity index (χ1n) is 6.50.